The van der Waals surface area contributed by atoms with Gasteiger partial charge in [0.05, 0.1) is 0 Å². The van der Waals surface area contributed by atoms with E-state index in [-0.39, 0.29) is 11.5 Å². The van der Waals surface area contributed by atoms with Crippen molar-refractivity contribution in [3.63, 3.8) is 0 Å². The monoisotopic (exact) mass is 922 g/mol. The van der Waals surface area contributed by atoms with Gasteiger partial charge in [-0.15, -0.1) is 0 Å². The van der Waals surface area contributed by atoms with Crippen molar-refractivity contribution in [1.82, 2.24) is 0 Å². The quantitative estimate of drug-likeness (QED) is 0.0760. The van der Waals surface area contributed by atoms with Gasteiger partial charge in [-0.05, 0) is 60.9 Å². The van der Waals surface area contributed by atoms with E-state index in [0.717, 1.165) is 37.9 Å². The summed E-state index contributed by atoms with van der Waals surface area (Å²) in [6.07, 6.45) is 1.43. The molecule has 0 atom stereocenters. The lowest BCUT2D eigenvalue weighted by molar-refractivity contribution is 0.309. The Bertz CT molecular complexity index is 2440. The first kappa shape index (κ1) is 45.7. The number of rotatable bonds is 20. The Balaban J connectivity index is 1.29. The summed E-state index contributed by atoms with van der Waals surface area (Å²) in [4.78, 5) is 0. The van der Waals surface area contributed by atoms with E-state index in [9.17, 15) is 10.2 Å². The number of benzene rings is 8. The Kier molecular flexibility index (Phi) is 14.7. The van der Waals surface area contributed by atoms with Gasteiger partial charge in [0.15, 0.2) is 0 Å². The van der Waals surface area contributed by atoms with Gasteiger partial charge in [-0.1, -0.05) is 231 Å². The summed E-state index contributed by atoms with van der Waals surface area (Å²) in [5, 5.41) is 29.8. The average Bonchev–Trinajstić information content (AvgIpc) is 3.38. The van der Waals surface area contributed by atoms with Crippen LogP contribution >= 0.6 is 0 Å². The summed E-state index contributed by atoms with van der Waals surface area (Å²) in [6, 6.07) is 81.3. The number of aromatic hydroxyl groups is 2. The van der Waals surface area contributed by atoms with Crippen LogP contribution in [0.2, 0.25) is 12.6 Å². The first-order chi connectivity index (χ1) is 31.8. The summed E-state index contributed by atoms with van der Waals surface area (Å²) < 4.78 is 23.5. The molecule has 0 spiro atoms. The lowest BCUT2D eigenvalue weighted by atomic mass is 10.2. The third-order valence-corrected chi connectivity index (χ3v) is 29.5. The molecule has 65 heavy (non-hydrogen) atoms. The minimum atomic E-state index is -3.17. The summed E-state index contributed by atoms with van der Waals surface area (Å²) in [5.74, 6) is 0.535. The molecule has 8 aromatic rings. The second-order valence-corrected chi connectivity index (χ2v) is 32.2. The Morgan fingerprint density at radius 3 is 0.892 bits per heavy atom. The zero-order valence-corrected chi connectivity index (χ0v) is 41.3. The Hall–Kier alpha value is -5.89. The first-order valence-electron chi connectivity index (χ1n) is 22.6. The smallest absolute Gasteiger partial charge is 0.259 e. The molecule has 8 rings (SSSR count). The van der Waals surface area contributed by atoms with Crippen molar-refractivity contribution in [3.05, 3.63) is 242 Å². The highest BCUT2D eigenvalue weighted by Crippen LogP contribution is 2.28. The standard InChI is InChI=1S/C56H58O5Si4/c1-3-63(44-59-62(2,49-28-10-4-11-29-49)50-30-12-5-13-31-50,45-60-64(51-32-14-6-15-33-51,52-34-16-7-17-35-52)42-47-26-22-24-40-55(47)57)46-61-65(53-36-18-8-19-37-53,54-38-20-9-21-39-54)43-48-27-23-25-41-56(48)58/h4-41,57-58H,3,42-46H2,1-2H3. The predicted octanol–water partition coefficient (Wildman–Crippen LogP) is 8.01. The number of para-hydroxylation sites is 2. The van der Waals surface area contributed by atoms with Crippen molar-refractivity contribution in [2.75, 3.05) is 18.7 Å². The minimum absolute atomic E-state index is 0.267. The molecule has 0 fully saturated rings. The summed E-state index contributed by atoms with van der Waals surface area (Å²) in [7, 11) is -12.0. The molecule has 0 aliphatic carbocycles. The van der Waals surface area contributed by atoms with Gasteiger partial charge in [0.25, 0.3) is 25.0 Å². The van der Waals surface area contributed by atoms with E-state index in [1.807, 2.05) is 36.4 Å². The maximum atomic E-state index is 11.4. The van der Waals surface area contributed by atoms with Crippen molar-refractivity contribution in [3.8, 4) is 11.5 Å². The van der Waals surface area contributed by atoms with Crippen LogP contribution in [0, 0.1) is 0 Å². The van der Waals surface area contributed by atoms with Gasteiger partial charge in [-0.2, -0.15) is 0 Å². The van der Waals surface area contributed by atoms with Crippen LogP contribution in [-0.2, 0) is 25.4 Å². The molecule has 0 radical (unpaired) electrons. The van der Waals surface area contributed by atoms with Crippen LogP contribution in [0.3, 0.4) is 0 Å². The third-order valence-electron chi connectivity index (χ3n) is 13.1. The topological polar surface area (TPSA) is 68.2 Å². The van der Waals surface area contributed by atoms with Crippen molar-refractivity contribution < 1.29 is 23.5 Å². The molecule has 0 aliphatic rings. The molecule has 8 aromatic carbocycles. The molecule has 0 saturated carbocycles. The van der Waals surface area contributed by atoms with Crippen molar-refractivity contribution in [2.24, 2.45) is 0 Å². The van der Waals surface area contributed by atoms with Crippen molar-refractivity contribution >= 4 is 64.1 Å². The fraction of sp³-hybridized carbons (Fsp3) is 0.143. The van der Waals surface area contributed by atoms with E-state index in [1.165, 1.54) is 10.4 Å². The maximum absolute atomic E-state index is 11.4. The zero-order chi connectivity index (χ0) is 45.0. The van der Waals surface area contributed by atoms with Crippen molar-refractivity contribution in [2.45, 2.75) is 31.6 Å². The molecule has 0 aliphatic heterocycles. The minimum Gasteiger partial charge on any atom is -0.508 e. The van der Waals surface area contributed by atoms with Crippen LogP contribution in [0.15, 0.2) is 231 Å². The van der Waals surface area contributed by atoms with E-state index >= 15 is 0 Å². The molecule has 0 amide bonds. The van der Waals surface area contributed by atoms with Crippen LogP contribution in [0.5, 0.6) is 11.5 Å². The Morgan fingerprint density at radius 1 is 0.338 bits per heavy atom. The molecule has 0 unspecified atom stereocenters. The summed E-state index contributed by atoms with van der Waals surface area (Å²) >= 11 is 0. The van der Waals surface area contributed by atoms with Gasteiger partial charge in [0.1, 0.15) is 19.6 Å². The third kappa shape index (κ3) is 10.2. The second kappa shape index (κ2) is 21.0. The van der Waals surface area contributed by atoms with E-state index in [0.29, 0.717) is 30.8 Å². The van der Waals surface area contributed by atoms with Gasteiger partial charge in [0, 0.05) is 30.8 Å². The zero-order valence-electron chi connectivity index (χ0n) is 37.3. The van der Waals surface area contributed by atoms with Crippen LogP contribution in [-0.4, -0.2) is 61.9 Å². The van der Waals surface area contributed by atoms with Crippen molar-refractivity contribution in [1.29, 1.82) is 0 Å². The Labute approximate surface area is 389 Å². The second-order valence-electron chi connectivity index (χ2n) is 17.2. The highest BCUT2D eigenvalue weighted by molar-refractivity contribution is 6.99. The average molecular weight is 923 g/mol. The number of phenols is 2. The lowest BCUT2D eigenvalue weighted by Gasteiger charge is -2.42. The molecule has 0 saturated heterocycles. The molecule has 0 bridgehead atoms. The molecular formula is C56H58O5Si4. The van der Waals surface area contributed by atoms with Crippen LogP contribution < -0.4 is 31.1 Å². The highest BCUT2D eigenvalue weighted by Gasteiger charge is 2.48. The van der Waals surface area contributed by atoms with Gasteiger partial charge in [-0.3, -0.25) is 0 Å². The van der Waals surface area contributed by atoms with Crippen LogP contribution in [0.4, 0.5) is 0 Å². The molecule has 0 heterocycles. The molecular weight excluding hydrogens is 865 g/mol. The summed E-state index contributed by atoms with van der Waals surface area (Å²) in [5.41, 5.74) is 1.72. The first-order valence-corrected chi connectivity index (χ1v) is 32.0. The van der Waals surface area contributed by atoms with Gasteiger partial charge >= 0.3 is 0 Å². The molecule has 0 aromatic heterocycles. The SMILES string of the molecule is CC[Si](CO[Si](C)(c1ccccc1)c1ccccc1)(CO[Si](Cc1ccccc1O)(c1ccccc1)c1ccccc1)CO[Si](Cc1ccccc1O)(c1ccccc1)c1ccccc1. The summed E-state index contributed by atoms with van der Waals surface area (Å²) in [6.45, 7) is 4.62. The van der Waals surface area contributed by atoms with E-state index in [4.69, 9.17) is 13.3 Å². The van der Waals surface area contributed by atoms with Crippen LogP contribution in [0.1, 0.15) is 18.1 Å². The van der Waals surface area contributed by atoms with E-state index < -0.39 is 33.0 Å². The van der Waals surface area contributed by atoms with Gasteiger partial charge in [-0.25, -0.2) is 0 Å². The highest BCUT2D eigenvalue weighted by atomic mass is 28.4. The molecule has 2 N–H and O–H groups in total. The largest absolute Gasteiger partial charge is 0.508 e. The molecule has 328 valence electrons. The van der Waals surface area contributed by atoms with Crippen LogP contribution in [0.25, 0.3) is 0 Å². The number of phenolic OH excluding ortho intramolecular Hbond substituents is 2. The van der Waals surface area contributed by atoms with Gasteiger partial charge < -0.3 is 23.5 Å². The fourth-order valence-electron chi connectivity index (χ4n) is 8.99. The van der Waals surface area contributed by atoms with Gasteiger partial charge in [0.2, 0.25) is 0 Å². The lowest BCUT2D eigenvalue weighted by Crippen LogP contribution is -2.69. The van der Waals surface area contributed by atoms with E-state index in [1.54, 1.807) is 12.1 Å². The van der Waals surface area contributed by atoms with E-state index in [2.05, 4.69) is 195 Å². The normalized spacial score (nSPS) is 12.2. The number of hydrogen-bond donors (Lipinski definition) is 2. The molecule has 9 heteroatoms. The predicted molar refractivity (Wildman–Crippen MR) is 277 cm³/mol. The molecule has 5 nitrogen and oxygen atoms in total. The fourth-order valence-corrected chi connectivity index (χ4v) is 25.9. The maximum Gasteiger partial charge on any atom is 0.259 e. The Morgan fingerprint density at radius 2 is 0.600 bits per heavy atom. The number of hydrogen-bond acceptors (Lipinski definition) is 5.